The minimum Gasteiger partial charge on any atom is -0.465 e. The van der Waals surface area contributed by atoms with Crippen LogP contribution in [0.5, 0.6) is 0 Å². The van der Waals surface area contributed by atoms with Crippen molar-refractivity contribution < 1.29 is 22.7 Å². The Balaban J connectivity index is 3.24. The summed E-state index contributed by atoms with van der Waals surface area (Å²) in [4.78, 5) is 22.3. The highest BCUT2D eigenvalue weighted by Gasteiger charge is 2.23. The highest BCUT2D eigenvalue weighted by molar-refractivity contribution is 7.89. The summed E-state index contributed by atoms with van der Waals surface area (Å²) in [5.74, 6) is -1.44. The van der Waals surface area contributed by atoms with Crippen LogP contribution >= 0.6 is 0 Å². The first-order chi connectivity index (χ1) is 9.19. The minimum absolute atomic E-state index is 0.102. The van der Waals surface area contributed by atoms with Gasteiger partial charge in [0.25, 0.3) is 0 Å². The lowest BCUT2D eigenvalue weighted by molar-refractivity contribution is -0.119. The fourth-order valence-corrected chi connectivity index (χ4v) is 2.97. The Morgan fingerprint density at radius 2 is 1.95 bits per heavy atom. The molecule has 0 saturated carbocycles. The third kappa shape index (κ3) is 3.55. The Kier molecular flexibility index (Phi) is 4.85. The predicted molar refractivity (Wildman–Crippen MR) is 71.5 cm³/mol. The molecule has 0 aliphatic heterocycles. The molecule has 0 aliphatic rings. The Labute approximate surface area is 117 Å². The third-order valence-electron chi connectivity index (χ3n) is 2.66. The molecule has 0 heterocycles. The quantitative estimate of drug-likeness (QED) is 0.739. The zero-order chi connectivity index (χ0) is 15.5. The number of nitrogens with one attached hydrogen (secondary N) is 1. The molecule has 20 heavy (non-hydrogen) atoms. The fourth-order valence-electron chi connectivity index (χ4n) is 1.49. The highest BCUT2D eigenvalue weighted by atomic mass is 32.2. The summed E-state index contributed by atoms with van der Waals surface area (Å²) in [5, 5.41) is 0. The zero-order valence-corrected chi connectivity index (χ0v) is 12.2. The molecule has 0 spiro atoms. The third-order valence-corrected chi connectivity index (χ3v) is 4.34. The van der Waals surface area contributed by atoms with Gasteiger partial charge in [-0.1, -0.05) is 6.07 Å². The number of benzene rings is 1. The summed E-state index contributed by atoms with van der Waals surface area (Å²) in [6.07, 6.45) is 0. The summed E-state index contributed by atoms with van der Waals surface area (Å²) in [7, 11) is -2.76. The average molecular weight is 300 g/mol. The van der Waals surface area contributed by atoms with E-state index in [0.29, 0.717) is 5.56 Å². The van der Waals surface area contributed by atoms with Gasteiger partial charge in [0, 0.05) is 0 Å². The molecular weight excluding hydrogens is 284 g/mol. The number of nitrogens with two attached hydrogens (primary N) is 1. The molecule has 3 N–H and O–H groups in total. The van der Waals surface area contributed by atoms with Gasteiger partial charge in [0.1, 0.15) is 0 Å². The molecule has 0 saturated heterocycles. The van der Waals surface area contributed by atoms with Crippen LogP contribution in [0.15, 0.2) is 23.1 Å². The predicted octanol–water partition coefficient (Wildman–Crippen LogP) is -0.0663. The molecule has 1 amide bonds. The largest absolute Gasteiger partial charge is 0.465 e. The van der Waals surface area contributed by atoms with Gasteiger partial charge in [0.15, 0.2) is 0 Å². The van der Waals surface area contributed by atoms with Crippen LogP contribution in [0, 0.1) is 6.92 Å². The van der Waals surface area contributed by atoms with Crippen molar-refractivity contribution in [3.05, 3.63) is 29.3 Å². The maximum absolute atomic E-state index is 12.2. The van der Waals surface area contributed by atoms with E-state index in [1.54, 1.807) is 6.92 Å². The van der Waals surface area contributed by atoms with Gasteiger partial charge in [-0.25, -0.2) is 13.2 Å². The smallest absolute Gasteiger partial charge is 0.337 e. The van der Waals surface area contributed by atoms with Crippen molar-refractivity contribution in [2.45, 2.75) is 24.8 Å². The van der Waals surface area contributed by atoms with Crippen molar-refractivity contribution in [1.82, 2.24) is 4.72 Å². The van der Waals surface area contributed by atoms with Crippen LogP contribution in [0.25, 0.3) is 0 Å². The number of aryl methyl sites for hydroxylation is 1. The molecule has 0 unspecified atom stereocenters. The monoisotopic (exact) mass is 300 g/mol. The Morgan fingerprint density at radius 3 is 2.45 bits per heavy atom. The summed E-state index contributed by atoms with van der Waals surface area (Å²) < 4.78 is 31.0. The number of methoxy groups -OCH3 is 1. The van der Waals surface area contributed by atoms with Crippen molar-refractivity contribution in [2.75, 3.05) is 7.11 Å². The van der Waals surface area contributed by atoms with Gasteiger partial charge in [0.2, 0.25) is 15.9 Å². The summed E-state index contributed by atoms with van der Waals surface area (Å²) >= 11 is 0. The Morgan fingerprint density at radius 1 is 1.35 bits per heavy atom. The molecule has 0 aromatic heterocycles. The number of hydrogen-bond donors (Lipinski definition) is 2. The second kappa shape index (κ2) is 6.02. The highest BCUT2D eigenvalue weighted by Crippen LogP contribution is 2.18. The average Bonchev–Trinajstić information content (AvgIpc) is 2.37. The van der Waals surface area contributed by atoms with E-state index in [4.69, 9.17) is 5.73 Å². The van der Waals surface area contributed by atoms with Crippen molar-refractivity contribution in [2.24, 2.45) is 5.73 Å². The number of hydrogen-bond acceptors (Lipinski definition) is 5. The van der Waals surface area contributed by atoms with Crippen LogP contribution in [-0.2, 0) is 19.6 Å². The van der Waals surface area contributed by atoms with E-state index in [1.807, 2.05) is 0 Å². The molecule has 1 atom stereocenters. The van der Waals surface area contributed by atoms with Gasteiger partial charge >= 0.3 is 5.97 Å². The first-order valence-corrected chi connectivity index (χ1v) is 7.18. The molecule has 0 bridgehead atoms. The molecule has 1 rings (SSSR count). The number of primary amides is 1. The lowest BCUT2D eigenvalue weighted by Gasteiger charge is -2.13. The molecule has 0 fully saturated rings. The molecule has 110 valence electrons. The number of rotatable bonds is 5. The van der Waals surface area contributed by atoms with E-state index >= 15 is 0 Å². The number of esters is 1. The van der Waals surface area contributed by atoms with Gasteiger partial charge < -0.3 is 10.5 Å². The molecule has 8 heteroatoms. The van der Waals surface area contributed by atoms with Crippen LogP contribution in [-0.4, -0.2) is 33.4 Å². The maximum Gasteiger partial charge on any atom is 0.337 e. The minimum atomic E-state index is -3.96. The van der Waals surface area contributed by atoms with Crippen LogP contribution in [0.4, 0.5) is 0 Å². The number of carbonyl (C=O) groups excluding carboxylic acids is 2. The van der Waals surface area contributed by atoms with Gasteiger partial charge in [-0.15, -0.1) is 0 Å². The Bertz CT molecular complexity index is 639. The van der Waals surface area contributed by atoms with Gasteiger partial charge in [0.05, 0.1) is 23.6 Å². The van der Waals surface area contributed by atoms with Crippen LogP contribution in [0.3, 0.4) is 0 Å². The molecular formula is C12H16N2O5S. The molecule has 1 aromatic carbocycles. The first-order valence-electron chi connectivity index (χ1n) is 5.69. The SMILES string of the molecule is COC(=O)c1ccc(C)c(S(=O)(=O)N[C@H](C)C(N)=O)c1. The van der Waals surface area contributed by atoms with Gasteiger partial charge in [-0.3, -0.25) is 4.79 Å². The van der Waals surface area contributed by atoms with Crippen LogP contribution < -0.4 is 10.5 Å². The number of carbonyl (C=O) groups is 2. The van der Waals surface area contributed by atoms with Crippen LogP contribution in [0.1, 0.15) is 22.8 Å². The molecule has 0 radical (unpaired) electrons. The second-order valence-electron chi connectivity index (χ2n) is 4.22. The van der Waals surface area contributed by atoms with Crippen molar-refractivity contribution in [3.8, 4) is 0 Å². The fraction of sp³-hybridized carbons (Fsp3) is 0.333. The lowest BCUT2D eigenvalue weighted by atomic mass is 10.1. The van der Waals surface area contributed by atoms with Crippen molar-refractivity contribution in [3.63, 3.8) is 0 Å². The number of sulfonamides is 1. The molecule has 7 nitrogen and oxygen atoms in total. The van der Waals surface area contributed by atoms with E-state index in [0.717, 1.165) is 0 Å². The van der Waals surface area contributed by atoms with Crippen LogP contribution in [0.2, 0.25) is 0 Å². The topological polar surface area (TPSA) is 116 Å². The van der Waals surface area contributed by atoms with E-state index in [1.165, 1.54) is 32.2 Å². The van der Waals surface area contributed by atoms with E-state index in [-0.39, 0.29) is 10.5 Å². The van der Waals surface area contributed by atoms with E-state index in [9.17, 15) is 18.0 Å². The van der Waals surface area contributed by atoms with Gasteiger partial charge in [-0.2, -0.15) is 4.72 Å². The summed E-state index contributed by atoms with van der Waals surface area (Å²) in [6.45, 7) is 2.91. The van der Waals surface area contributed by atoms with Crippen molar-refractivity contribution >= 4 is 21.9 Å². The normalized spacial score (nSPS) is 12.8. The Hall–Kier alpha value is -1.93. The second-order valence-corrected chi connectivity index (χ2v) is 5.90. The first kappa shape index (κ1) is 16.1. The van der Waals surface area contributed by atoms with Crippen molar-refractivity contribution in [1.29, 1.82) is 0 Å². The standard InChI is InChI=1S/C12H16N2O5S/c1-7-4-5-9(12(16)19-3)6-10(7)20(17,18)14-8(2)11(13)15/h4-6,8,14H,1-3H3,(H2,13,15)/t8-/m1/s1. The zero-order valence-electron chi connectivity index (χ0n) is 11.3. The molecule has 1 aromatic rings. The lowest BCUT2D eigenvalue weighted by Crippen LogP contribution is -2.42. The van der Waals surface area contributed by atoms with Gasteiger partial charge in [-0.05, 0) is 31.5 Å². The summed E-state index contributed by atoms with van der Waals surface area (Å²) in [6, 6.07) is 3.08. The summed E-state index contributed by atoms with van der Waals surface area (Å²) in [5.41, 5.74) is 5.55. The number of amides is 1. The maximum atomic E-state index is 12.2. The number of ether oxygens (including phenoxy) is 1. The van der Waals surface area contributed by atoms with E-state index in [2.05, 4.69) is 9.46 Å². The van der Waals surface area contributed by atoms with E-state index < -0.39 is 27.9 Å². The molecule has 0 aliphatic carbocycles.